The molecular formula is C19H20N4O4. The van der Waals surface area contributed by atoms with Crippen molar-refractivity contribution in [3.63, 3.8) is 0 Å². The predicted octanol–water partition coefficient (Wildman–Crippen LogP) is 1.69. The van der Waals surface area contributed by atoms with Crippen molar-refractivity contribution in [3.8, 4) is 11.5 Å². The zero-order chi connectivity index (χ0) is 19.4. The summed E-state index contributed by atoms with van der Waals surface area (Å²) < 4.78 is 11.4. The second kappa shape index (κ2) is 7.86. The Bertz CT molecular complexity index is 1010. The van der Waals surface area contributed by atoms with E-state index in [0.717, 1.165) is 16.0 Å². The van der Waals surface area contributed by atoms with E-state index in [-0.39, 0.29) is 18.5 Å². The third-order valence-electron chi connectivity index (χ3n) is 4.22. The Kier molecular flexibility index (Phi) is 5.35. The SMILES string of the molecule is COc1ccc([C@H](C)NC(=O)Cn2nnc3cccc(OC)c3c2=O)cc1. The van der Waals surface area contributed by atoms with Crippen molar-refractivity contribution in [2.24, 2.45) is 0 Å². The molecule has 1 atom stereocenters. The van der Waals surface area contributed by atoms with Gasteiger partial charge < -0.3 is 14.8 Å². The Morgan fingerprint density at radius 3 is 2.56 bits per heavy atom. The molecule has 1 heterocycles. The third kappa shape index (κ3) is 3.89. The van der Waals surface area contributed by atoms with Gasteiger partial charge in [0.25, 0.3) is 5.56 Å². The zero-order valence-electron chi connectivity index (χ0n) is 15.3. The van der Waals surface area contributed by atoms with Crippen molar-refractivity contribution >= 4 is 16.8 Å². The van der Waals surface area contributed by atoms with E-state index in [9.17, 15) is 9.59 Å². The van der Waals surface area contributed by atoms with Crippen molar-refractivity contribution in [2.45, 2.75) is 19.5 Å². The van der Waals surface area contributed by atoms with E-state index in [0.29, 0.717) is 16.7 Å². The van der Waals surface area contributed by atoms with Crippen LogP contribution in [0.3, 0.4) is 0 Å². The molecule has 8 heteroatoms. The number of carbonyl (C=O) groups is 1. The van der Waals surface area contributed by atoms with Gasteiger partial charge in [-0.15, -0.1) is 5.10 Å². The number of nitrogens with zero attached hydrogens (tertiary/aromatic N) is 3. The second-order valence-corrected chi connectivity index (χ2v) is 5.97. The smallest absolute Gasteiger partial charge is 0.281 e. The lowest BCUT2D eigenvalue weighted by Crippen LogP contribution is -2.35. The Morgan fingerprint density at radius 2 is 1.89 bits per heavy atom. The lowest BCUT2D eigenvalue weighted by Gasteiger charge is -2.15. The molecule has 0 saturated carbocycles. The molecule has 0 aliphatic carbocycles. The number of amides is 1. The van der Waals surface area contributed by atoms with Crippen LogP contribution in [0.5, 0.6) is 11.5 Å². The summed E-state index contributed by atoms with van der Waals surface area (Å²) in [5.74, 6) is 0.793. The fourth-order valence-electron chi connectivity index (χ4n) is 2.76. The summed E-state index contributed by atoms with van der Waals surface area (Å²) in [6, 6.07) is 12.2. The van der Waals surface area contributed by atoms with Gasteiger partial charge in [-0.3, -0.25) is 9.59 Å². The van der Waals surface area contributed by atoms with Crippen LogP contribution in [0.1, 0.15) is 18.5 Å². The molecule has 3 rings (SSSR count). The summed E-state index contributed by atoms with van der Waals surface area (Å²) in [6.07, 6.45) is 0. The summed E-state index contributed by atoms with van der Waals surface area (Å²) >= 11 is 0. The first-order valence-corrected chi connectivity index (χ1v) is 8.37. The topological polar surface area (TPSA) is 95.3 Å². The van der Waals surface area contributed by atoms with E-state index in [1.165, 1.54) is 7.11 Å². The first kappa shape index (κ1) is 18.4. The van der Waals surface area contributed by atoms with Crippen LogP contribution in [0.2, 0.25) is 0 Å². The minimum Gasteiger partial charge on any atom is -0.497 e. The van der Waals surface area contributed by atoms with Gasteiger partial charge in [0.15, 0.2) is 0 Å². The zero-order valence-corrected chi connectivity index (χ0v) is 15.3. The molecule has 3 aromatic rings. The lowest BCUT2D eigenvalue weighted by atomic mass is 10.1. The number of aromatic nitrogens is 3. The van der Waals surface area contributed by atoms with Gasteiger partial charge in [0.05, 0.1) is 20.3 Å². The molecule has 0 saturated heterocycles. The van der Waals surface area contributed by atoms with Crippen LogP contribution in [-0.2, 0) is 11.3 Å². The van der Waals surface area contributed by atoms with Gasteiger partial charge in [-0.1, -0.05) is 23.4 Å². The maximum absolute atomic E-state index is 12.7. The van der Waals surface area contributed by atoms with E-state index in [2.05, 4.69) is 15.6 Å². The molecule has 1 amide bonds. The van der Waals surface area contributed by atoms with Crippen molar-refractivity contribution in [2.75, 3.05) is 14.2 Å². The Labute approximate surface area is 155 Å². The van der Waals surface area contributed by atoms with Gasteiger partial charge in [-0.25, -0.2) is 4.68 Å². The first-order chi connectivity index (χ1) is 13.0. The highest BCUT2D eigenvalue weighted by atomic mass is 16.5. The van der Waals surface area contributed by atoms with Gasteiger partial charge in [0.2, 0.25) is 5.91 Å². The number of methoxy groups -OCH3 is 2. The molecule has 2 aromatic carbocycles. The Balaban J connectivity index is 1.77. The van der Waals surface area contributed by atoms with Crippen LogP contribution < -0.4 is 20.3 Å². The highest BCUT2D eigenvalue weighted by Crippen LogP contribution is 2.19. The molecule has 0 radical (unpaired) electrons. The molecule has 0 unspecified atom stereocenters. The molecular weight excluding hydrogens is 348 g/mol. The molecule has 0 aliphatic rings. The van der Waals surface area contributed by atoms with Crippen molar-refractivity contribution in [1.82, 2.24) is 20.3 Å². The normalized spacial score (nSPS) is 11.8. The number of nitrogens with one attached hydrogen (secondary N) is 1. The number of fused-ring (bicyclic) bond motifs is 1. The standard InChI is InChI=1S/C19H20N4O4/c1-12(13-7-9-14(26-2)10-8-13)20-17(24)11-23-19(25)18-15(21-22-23)5-4-6-16(18)27-3/h4-10,12H,11H2,1-3H3,(H,20,24)/t12-/m0/s1. The molecule has 0 bridgehead atoms. The molecule has 27 heavy (non-hydrogen) atoms. The van der Waals surface area contributed by atoms with Crippen molar-refractivity contribution in [3.05, 3.63) is 58.4 Å². The van der Waals surface area contributed by atoms with Crippen LogP contribution in [-0.4, -0.2) is 35.1 Å². The van der Waals surface area contributed by atoms with Gasteiger partial charge in [-0.2, -0.15) is 0 Å². The second-order valence-electron chi connectivity index (χ2n) is 5.97. The number of rotatable bonds is 6. The largest absolute Gasteiger partial charge is 0.497 e. The van der Waals surface area contributed by atoms with Crippen LogP contribution >= 0.6 is 0 Å². The average molecular weight is 368 g/mol. The van der Waals surface area contributed by atoms with E-state index in [4.69, 9.17) is 9.47 Å². The molecule has 140 valence electrons. The van der Waals surface area contributed by atoms with Crippen molar-refractivity contribution < 1.29 is 14.3 Å². The van der Waals surface area contributed by atoms with Crippen LogP contribution in [0.15, 0.2) is 47.3 Å². The number of hydrogen-bond donors (Lipinski definition) is 1. The highest BCUT2D eigenvalue weighted by Gasteiger charge is 2.15. The van der Waals surface area contributed by atoms with Gasteiger partial charge in [0, 0.05) is 0 Å². The van der Waals surface area contributed by atoms with E-state index >= 15 is 0 Å². The van der Waals surface area contributed by atoms with Gasteiger partial charge in [-0.05, 0) is 36.8 Å². The highest BCUT2D eigenvalue weighted by molar-refractivity contribution is 5.84. The molecule has 0 fully saturated rings. The fourth-order valence-corrected chi connectivity index (χ4v) is 2.76. The number of hydrogen-bond acceptors (Lipinski definition) is 6. The summed E-state index contributed by atoms with van der Waals surface area (Å²) in [7, 11) is 3.07. The Hall–Kier alpha value is -3.42. The van der Waals surface area contributed by atoms with Gasteiger partial charge >= 0.3 is 0 Å². The number of benzene rings is 2. The third-order valence-corrected chi connectivity index (χ3v) is 4.22. The number of carbonyl (C=O) groups excluding carboxylic acids is 1. The molecule has 0 spiro atoms. The predicted molar refractivity (Wildman–Crippen MR) is 99.9 cm³/mol. The minimum absolute atomic E-state index is 0.234. The molecule has 1 N–H and O–H groups in total. The fraction of sp³-hybridized carbons (Fsp3) is 0.263. The summed E-state index contributed by atoms with van der Waals surface area (Å²) in [4.78, 5) is 25.0. The lowest BCUT2D eigenvalue weighted by molar-refractivity contribution is -0.122. The number of ether oxygens (including phenoxy) is 2. The average Bonchev–Trinajstić information content (AvgIpc) is 2.69. The summed E-state index contributed by atoms with van der Waals surface area (Å²) in [5, 5.41) is 11.0. The van der Waals surface area contributed by atoms with Crippen LogP contribution in [0.4, 0.5) is 0 Å². The quantitative estimate of drug-likeness (QED) is 0.711. The van der Waals surface area contributed by atoms with Gasteiger partial charge in [0.1, 0.15) is 28.9 Å². The van der Waals surface area contributed by atoms with E-state index in [1.807, 2.05) is 31.2 Å². The molecule has 8 nitrogen and oxygen atoms in total. The minimum atomic E-state index is -0.426. The van der Waals surface area contributed by atoms with E-state index in [1.54, 1.807) is 25.3 Å². The summed E-state index contributed by atoms with van der Waals surface area (Å²) in [5.41, 5.74) is 0.912. The maximum atomic E-state index is 12.7. The monoisotopic (exact) mass is 368 g/mol. The first-order valence-electron chi connectivity index (χ1n) is 8.37. The van der Waals surface area contributed by atoms with Crippen LogP contribution in [0.25, 0.3) is 10.9 Å². The van der Waals surface area contributed by atoms with E-state index < -0.39 is 5.56 Å². The Morgan fingerprint density at radius 1 is 1.15 bits per heavy atom. The molecule has 1 aromatic heterocycles. The summed E-state index contributed by atoms with van der Waals surface area (Å²) in [6.45, 7) is 1.62. The molecule has 0 aliphatic heterocycles. The maximum Gasteiger partial charge on any atom is 0.281 e. The van der Waals surface area contributed by atoms with Crippen LogP contribution in [0, 0.1) is 0 Å². The van der Waals surface area contributed by atoms with Crippen molar-refractivity contribution in [1.29, 1.82) is 0 Å².